The molecule has 1 aromatic rings. The zero-order valence-corrected chi connectivity index (χ0v) is 12.7. The van der Waals surface area contributed by atoms with Crippen molar-refractivity contribution in [2.75, 3.05) is 26.0 Å². The third-order valence-electron chi connectivity index (χ3n) is 2.86. The van der Waals surface area contributed by atoms with Crippen molar-refractivity contribution in [1.29, 1.82) is 0 Å². The fourth-order valence-electron chi connectivity index (χ4n) is 1.81. The molecule has 0 bridgehead atoms. The third-order valence-corrected chi connectivity index (χ3v) is 4.66. The molecular weight excluding hydrogens is 264 g/mol. The van der Waals surface area contributed by atoms with Crippen LogP contribution in [-0.4, -0.2) is 26.0 Å². The highest BCUT2D eigenvalue weighted by atomic mass is 31.2. The van der Waals surface area contributed by atoms with Crippen molar-refractivity contribution in [2.45, 2.75) is 19.8 Å². The van der Waals surface area contributed by atoms with Crippen LogP contribution in [0.2, 0.25) is 0 Å². The first kappa shape index (κ1) is 16.4. The van der Waals surface area contributed by atoms with Gasteiger partial charge in [-0.25, -0.2) is 4.39 Å². The molecule has 0 fully saturated rings. The Kier molecular flexibility index (Phi) is 6.18. The largest absolute Gasteiger partial charge is 0.330 e. The van der Waals surface area contributed by atoms with Gasteiger partial charge in [0.05, 0.1) is 6.61 Å². The van der Waals surface area contributed by atoms with Crippen molar-refractivity contribution in [3.05, 3.63) is 35.6 Å². The van der Waals surface area contributed by atoms with Crippen LogP contribution in [0.25, 0.3) is 0 Å². The molecule has 2 unspecified atom stereocenters. The zero-order valence-electron chi connectivity index (χ0n) is 11.8. The van der Waals surface area contributed by atoms with Crippen LogP contribution in [0.5, 0.6) is 0 Å². The van der Waals surface area contributed by atoms with E-state index < -0.39 is 7.37 Å². The maximum absolute atomic E-state index is 12.9. The van der Waals surface area contributed by atoms with Crippen LogP contribution >= 0.6 is 7.37 Å². The molecule has 0 heterocycles. The molecule has 3 nitrogen and oxygen atoms in total. The molecule has 0 aromatic heterocycles. The fourth-order valence-corrected chi connectivity index (χ4v) is 3.69. The second kappa shape index (κ2) is 7.18. The van der Waals surface area contributed by atoms with Gasteiger partial charge in [-0.05, 0) is 30.2 Å². The van der Waals surface area contributed by atoms with Gasteiger partial charge in [-0.15, -0.1) is 0 Å². The Morgan fingerprint density at radius 2 is 1.89 bits per heavy atom. The fraction of sp³-hybridized carbons (Fsp3) is 0.571. The Morgan fingerprint density at radius 1 is 1.32 bits per heavy atom. The summed E-state index contributed by atoms with van der Waals surface area (Å²) in [6.07, 6.45) is 0.391. The first-order valence-corrected chi connectivity index (χ1v) is 8.76. The van der Waals surface area contributed by atoms with Gasteiger partial charge in [0.15, 0.2) is 0 Å². The lowest BCUT2D eigenvalue weighted by atomic mass is 10.0. The average molecular weight is 287 g/mol. The molecule has 0 aliphatic rings. The molecule has 1 aromatic carbocycles. The summed E-state index contributed by atoms with van der Waals surface area (Å²) >= 11 is 0. The molecular formula is C14H23FNO2P. The topological polar surface area (TPSA) is 52.3 Å². The lowest BCUT2D eigenvalue weighted by molar-refractivity contribution is 0.272. The van der Waals surface area contributed by atoms with E-state index in [1.165, 1.54) is 12.1 Å². The van der Waals surface area contributed by atoms with E-state index in [1.807, 2.05) is 13.8 Å². The monoisotopic (exact) mass is 287 g/mol. The van der Waals surface area contributed by atoms with E-state index >= 15 is 0 Å². The summed E-state index contributed by atoms with van der Waals surface area (Å²) < 4.78 is 30.8. The van der Waals surface area contributed by atoms with Crippen molar-refractivity contribution in [3.63, 3.8) is 0 Å². The predicted octanol–water partition coefficient (Wildman–Crippen LogP) is 3.45. The molecule has 2 N–H and O–H groups in total. The van der Waals surface area contributed by atoms with E-state index in [4.69, 9.17) is 10.3 Å². The molecule has 0 spiro atoms. The first-order chi connectivity index (χ1) is 8.84. The van der Waals surface area contributed by atoms with Crippen LogP contribution in [0.3, 0.4) is 0 Å². The van der Waals surface area contributed by atoms with Crippen LogP contribution in [0.4, 0.5) is 4.39 Å². The molecule has 0 radical (unpaired) electrons. The van der Waals surface area contributed by atoms with E-state index in [-0.39, 0.29) is 11.7 Å². The van der Waals surface area contributed by atoms with Crippen LogP contribution in [0.1, 0.15) is 25.3 Å². The second-order valence-electron chi connectivity index (χ2n) is 5.37. The smallest absolute Gasteiger partial charge is 0.200 e. The van der Waals surface area contributed by atoms with Gasteiger partial charge in [0, 0.05) is 18.7 Å². The van der Waals surface area contributed by atoms with Crippen molar-refractivity contribution in [1.82, 2.24) is 0 Å². The lowest BCUT2D eigenvalue weighted by Crippen LogP contribution is -2.17. The molecule has 2 atom stereocenters. The van der Waals surface area contributed by atoms with E-state index in [0.717, 1.165) is 5.56 Å². The van der Waals surface area contributed by atoms with Gasteiger partial charge >= 0.3 is 0 Å². The van der Waals surface area contributed by atoms with Crippen molar-refractivity contribution < 1.29 is 13.5 Å². The van der Waals surface area contributed by atoms with Gasteiger partial charge in [0.1, 0.15) is 5.82 Å². The minimum absolute atomic E-state index is 0.0661. The Balaban J connectivity index is 2.70. The quantitative estimate of drug-likeness (QED) is 0.781. The van der Waals surface area contributed by atoms with Gasteiger partial charge in [-0.1, -0.05) is 26.0 Å². The number of nitrogens with two attached hydrogens (primary N) is 1. The predicted molar refractivity (Wildman–Crippen MR) is 77.4 cm³/mol. The molecule has 19 heavy (non-hydrogen) atoms. The van der Waals surface area contributed by atoms with Crippen molar-refractivity contribution in [3.8, 4) is 0 Å². The van der Waals surface area contributed by atoms with Gasteiger partial charge < -0.3 is 10.3 Å². The minimum atomic E-state index is -2.67. The van der Waals surface area contributed by atoms with E-state index in [0.29, 0.717) is 25.2 Å². The molecule has 1 rings (SSSR count). The Bertz CT molecular complexity index is 434. The molecule has 5 heteroatoms. The van der Waals surface area contributed by atoms with Crippen molar-refractivity contribution >= 4 is 7.37 Å². The number of rotatable bonds is 7. The van der Waals surface area contributed by atoms with Gasteiger partial charge in [-0.2, -0.15) is 0 Å². The lowest BCUT2D eigenvalue weighted by Gasteiger charge is -2.21. The Labute approximate surface area is 114 Å². The molecule has 0 amide bonds. The highest BCUT2D eigenvalue weighted by Gasteiger charge is 2.23. The maximum atomic E-state index is 12.9. The summed E-state index contributed by atoms with van der Waals surface area (Å²) in [6.45, 7) is 6.52. The van der Waals surface area contributed by atoms with E-state index in [9.17, 15) is 8.96 Å². The Hall–Kier alpha value is -0.700. The summed E-state index contributed by atoms with van der Waals surface area (Å²) in [4.78, 5) is 0. The first-order valence-electron chi connectivity index (χ1n) is 6.50. The highest BCUT2D eigenvalue weighted by molar-refractivity contribution is 7.58. The second-order valence-corrected chi connectivity index (χ2v) is 8.02. The molecule has 0 saturated heterocycles. The molecule has 0 saturated carbocycles. The van der Waals surface area contributed by atoms with Crippen LogP contribution in [0.15, 0.2) is 24.3 Å². The summed E-state index contributed by atoms with van der Waals surface area (Å²) in [5.41, 5.74) is 6.64. The average Bonchev–Trinajstić information content (AvgIpc) is 2.35. The molecule has 0 aliphatic carbocycles. The number of hydrogen-bond acceptors (Lipinski definition) is 3. The third kappa shape index (κ3) is 5.85. The maximum Gasteiger partial charge on any atom is 0.200 e. The van der Waals surface area contributed by atoms with Crippen LogP contribution in [0, 0.1) is 11.7 Å². The summed E-state index contributed by atoms with van der Waals surface area (Å²) in [5, 5.41) is 0. The van der Waals surface area contributed by atoms with E-state index in [2.05, 4.69) is 0 Å². The van der Waals surface area contributed by atoms with E-state index in [1.54, 1.807) is 18.8 Å². The van der Waals surface area contributed by atoms with Crippen LogP contribution < -0.4 is 5.73 Å². The standard InChI is InChI=1S/C14H23FNO2P/c1-11(2)9-18-19(3,17)10-13(8-16)12-4-6-14(15)7-5-12/h4-7,11,13H,8-10,16H2,1-3H3. The minimum Gasteiger partial charge on any atom is -0.330 e. The summed E-state index contributed by atoms with van der Waals surface area (Å²) in [7, 11) is -2.67. The van der Waals surface area contributed by atoms with Gasteiger partial charge in [-0.3, -0.25) is 4.57 Å². The van der Waals surface area contributed by atoms with Gasteiger partial charge in [0.25, 0.3) is 0 Å². The SMILES string of the molecule is CC(C)COP(C)(=O)CC(CN)c1ccc(F)cc1. The van der Waals surface area contributed by atoms with Crippen LogP contribution in [-0.2, 0) is 9.09 Å². The highest BCUT2D eigenvalue weighted by Crippen LogP contribution is 2.46. The number of hydrogen-bond donors (Lipinski definition) is 1. The Morgan fingerprint density at radius 3 is 2.37 bits per heavy atom. The van der Waals surface area contributed by atoms with Crippen molar-refractivity contribution in [2.24, 2.45) is 11.7 Å². The summed E-state index contributed by atoms with van der Waals surface area (Å²) in [6, 6.07) is 6.17. The zero-order chi connectivity index (χ0) is 14.5. The number of benzene rings is 1. The van der Waals surface area contributed by atoms with Gasteiger partial charge in [0.2, 0.25) is 7.37 Å². The molecule has 108 valence electrons. The number of halogens is 1. The summed E-state index contributed by atoms with van der Waals surface area (Å²) in [5.74, 6) is -0.00530. The normalized spacial score (nSPS) is 16.3. The molecule has 0 aliphatic heterocycles.